The summed E-state index contributed by atoms with van der Waals surface area (Å²) < 4.78 is 13.4. The van der Waals surface area contributed by atoms with Gasteiger partial charge in [-0.15, -0.1) is 0 Å². The van der Waals surface area contributed by atoms with E-state index >= 15 is 0 Å². The van der Waals surface area contributed by atoms with Crippen molar-refractivity contribution in [1.82, 2.24) is 14.9 Å². The number of hydrogen-bond acceptors (Lipinski definition) is 3. The van der Waals surface area contributed by atoms with Gasteiger partial charge < -0.3 is 4.90 Å². The Morgan fingerprint density at radius 1 is 1.14 bits per heavy atom. The van der Waals surface area contributed by atoms with Crippen molar-refractivity contribution in [3.05, 3.63) is 95.3 Å². The van der Waals surface area contributed by atoms with Crippen molar-refractivity contribution in [1.29, 1.82) is 0 Å². The van der Waals surface area contributed by atoms with Gasteiger partial charge in [-0.1, -0.05) is 18.2 Å². The lowest BCUT2D eigenvalue weighted by Crippen LogP contribution is -2.39. The molecule has 1 aromatic carbocycles. The van der Waals surface area contributed by atoms with Crippen LogP contribution in [0, 0.1) is 5.82 Å². The van der Waals surface area contributed by atoms with Gasteiger partial charge in [0.1, 0.15) is 5.82 Å². The lowest BCUT2D eigenvalue weighted by Gasteiger charge is -2.32. The Kier molecular flexibility index (Phi) is 5.42. The first-order valence-electron chi connectivity index (χ1n) is 9.58. The van der Waals surface area contributed by atoms with E-state index in [0.29, 0.717) is 18.5 Å². The molecule has 1 aliphatic heterocycles. The van der Waals surface area contributed by atoms with Gasteiger partial charge >= 0.3 is 0 Å². The summed E-state index contributed by atoms with van der Waals surface area (Å²) in [7, 11) is 0. The van der Waals surface area contributed by atoms with Crippen LogP contribution < -0.4 is 0 Å². The van der Waals surface area contributed by atoms with Crippen molar-refractivity contribution < 1.29 is 9.18 Å². The third-order valence-corrected chi connectivity index (χ3v) is 5.14. The number of hydrogen-bond donors (Lipinski definition) is 0. The molecule has 5 heteroatoms. The number of nitrogens with zero attached hydrogens (tertiary/aromatic N) is 3. The third-order valence-electron chi connectivity index (χ3n) is 5.14. The fourth-order valence-electron chi connectivity index (χ4n) is 3.75. The fraction of sp³-hybridized carbons (Fsp3) is 0.261. The Hall–Kier alpha value is -3.08. The molecule has 1 unspecified atom stereocenters. The predicted molar refractivity (Wildman–Crippen MR) is 106 cm³/mol. The van der Waals surface area contributed by atoms with Crippen LogP contribution in [0.1, 0.15) is 46.1 Å². The normalized spacial score (nSPS) is 16.8. The number of likely N-dealkylation sites (tertiary alicyclic amines) is 1. The third kappa shape index (κ3) is 4.25. The summed E-state index contributed by atoms with van der Waals surface area (Å²) in [6, 6.07) is 16.2. The quantitative estimate of drug-likeness (QED) is 0.686. The Bertz CT molecular complexity index is 961. The second-order valence-corrected chi connectivity index (χ2v) is 7.19. The van der Waals surface area contributed by atoms with Crippen LogP contribution in [0.15, 0.2) is 67.0 Å². The van der Waals surface area contributed by atoms with E-state index in [-0.39, 0.29) is 17.6 Å². The highest BCUT2D eigenvalue weighted by Gasteiger charge is 2.26. The monoisotopic (exact) mass is 375 g/mol. The van der Waals surface area contributed by atoms with E-state index in [1.54, 1.807) is 36.7 Å². The molecule has 4 nitrogen and oxygen atoms in total. The standard InChI is InChI=1S/C23H22FN3O/c24-20-8-1-5-17(13-20)14-21-9-2-10-22(26-21)19-7-4-12-27(16-19)23(28)18-6-3-11-25-15-18/h1-3,5-6,8-11,13,15,19H,4,7,12,14,16H2. The topological polar surface area (TPSA) is 46.1 Å². The van der Waals surface area contributed by atoms with Crippen LogP contribution in [0.2, 0.25) is 0 Å². The van der Waals surface area contributed by atoms with Gasteiger partial charge in [0.05, 0.1) is 5.56 Å². The first kappa shape index (κ1) is 18.3. The molecular formula is C23H22FN3O. The highest BCUT2D eigenvalue weighted by Crippen LogP contribution is 2.27. The lowest BCUT2D eigenvalue weighted by atomic mass is 9.93. The van der Waals surface area contributed by atoms with Crippen molar-refractivity contribution in [2.24, 2.45) is 0 Å². The molecule has 0 bridgehead atoms. The number of piperidine rings is 1. The summed E-state index contributed by atoms with van der Waals surface area (Å²) in [5.41, 5.74) is 3.44. The minimum Gasteiger partial charge on any atom is -0.338 e. The summed E-state index contributed by atoms with van der Waals surface area (Å²) >= 11 is 0. The first-order chi connectivity index (χ1) is 13.7. The molecule has 3 aromatic rings. The van der Waals surface area contributed by atoms with Gasteiger partial charge in [0.2, 0.25) is 0 Å². The number of carbonyl (C=O) groups excluding carboxylic acids is 1. The van der Waals surface area contributed by atoms with Gasteiger partial charge in [-0.05, 0) is 54.8 Å². The molecule has 2 aromatic heterocycles. The lowest BCUT2D eigenvalue weighted by molar-refractivity contribution is 0.0705. The van der Waals surface area contributed by atoms with Gasteiger partial charge in [0.25, 0.3) is 5.91 Å². The van der Waals surface area contributed by atoms with Crippen molar-refractivity contribution >= 4 is 5.91 Å². The van der Waals surface area contributed by atoms with Crippen molar-refractivity contribution in [3.63, 3.8) is 0 Å². The van der Waals surface area contributed by atoms with Gasteiger partial charge in [-0.25, -0.2) is 4.39 Å². The highest BCUT2D eigenvalue weighted by molar-refractivity contribution is 5.94. The predicted octanol–water partition coefficient (Wildman–Crippen LogP) is 4.23. The summed E-state index contributed by atoms with van der Waals surface area (Å²) in [5.74, 6) is 0.000960. The maximum Gasteiger partial charge on any atom is 0.255 e. The highest BCUT2D eigenvalue weighted by atomic mass is 19.1. The van der Waals surface area contributed by atoms with E-state index in [0.717, 1.165) is 36.3 Å². The maximum atomic E-state index is 13.4. The zero-order valence-corrected chi connectivity index (χ0v) is 15.6. The first-order valence-corrected chi connectivity index (χ1v) is 9.58. The number of halogens is 1. The molecule has 0 spiro atoms. The van der Waals surface area contributed by atoms with Gasteiger partial charge in [-0.3, -0.25) is 14.8 Å². The summed E-state index contributed by atoms with van der Waals surface area (Å²) in [5, 5.41) is 0. The summed E-state index contributed by atoms with van der Waals surface area (Å²) in [6.07, 6.45) is 5.84. The Balaban J connectivity index is 1.48. The van der Waals surface area contributed by atoms with Crippen LogP contribution in [-0.2, 0) is 6.42 Å². The fourth-order valence-corrected chi connectivity index (χ4v) is 3.75. The van der Waals surface area contributed by atoms with Crippen LogP contribution in [0.4, 0.5) is 4.39 Å². The minimum absolute atomic E-state index is 0.0220. The van der Waals surface area contributed by atoms with Crippen LogP contribution in [-0.4, -0.2) is 33.9 Å². The second-order valence-electron chi connectivity index (χ2n) is 7.19. The minimum atomic E-state index is -0.231. The van der Waals surface area contributed by atoms with E-state index in [1.807, 2.05) is 29.2 Å². The molecule has 0 N–H and O–H groups in total. The number of amides is 1. The number of carbonyl (C=O) groups is 1. The number of pyridine rings is 2. The summed E-state index contributed by atoms with van der Waals surface area (Å²) in [6.45, 7) is 1.41. The van der Waals surface area contributed by atoms with Gasteiger partial charge in [0, 0.05) is 49.2 Å². The molecule has 1 amide bonds. The smallest absolute Gasteiger partial charge is 0.255 e. The number of benzene rings is 1. The molecule has 142 valence electrons. The number of aromatic nitrogens is 2. The Morgan fingerprint density at radius 2 is 2.04 bits per heavy atom. The molecule has 4 rings (SSSR count). The van der Waals surface area contributed by atoms with E-state index in [2.05, 4.69) is 4.98 Å². The second kappa shape index (κ2) is 8.30. The van der Waals surface area contributed by atoms with Crippen LogP contribution >= 0.6 is 0 Å². The van der Waals surface area contributed by atoms with Gasteiger partial charge in [0.15, 0.2) is 0 Å². The molecule has 1 saturated heterocycles. The molecule has 0 radical (unpaired) electrons. The molecule has 1 fully saturated rings. The van der Waals surface area contributed by atoms with Gasteiger partial charge in [-0.2, -0.15) is 0 Å². The molecule has 1 aliphatic rings. The van der Waals surface area contributed by atoms with E-state index in [4.69, 9.17) is 4.98 Å². The van der Waals surface area contributed by atoms with Crippen LogP contribution in [0.25, 0.3) is 0 Å². The molecule has 3 heterocycles. The Morgan fingerprint density at radius 3 is 2.86 bits per heavy atom. The average Bonchev–Trinajstić information content (AvgIpc) is 2.74. The average molecular weight is 375 g/mol. The number of rotatable bonds is 4. The van der Waals surface area contributed by atoms with Crippen molar-refractivity contribution in [3.8, 4) is 0 Å². The Labute approximate surface area is 164 Å². The van der Waals surface area contributed by atoms with E-state index in [9.17, 15) is 9.18 Å². The van der Waals surface area contributed by atoms with Crippen molar-refractivity contribution in [2.45, 2.75) is 25.2 Å². The summed E-state index contributed by atoms with van der Waals surface area (Å²) in [4.78, 5) is 23.5. The molecule has 28 heavy (non-hydrogen) atoms. The SMILES string of the molecule is O=C(c1cccnc1)N1CCCC(c2cccc(Cc3cccc(F)c3)n2)C1. The molecule has 0 aliphatic carbocycles. The van der Waals surface area contributed by atoms with Crippen LogP contribution in [0.5, 0.6) is 0 Å². The molecular weight excluding hydrogens is 353 g/mol. The zero-order valence-electron chi connectivity index (χ0n) is 15.6. The zero-order chi connectivity index (χ0) is 19.3. The largest absolute Gasteiger partial charge is 0.338 e. The van der Waals surface area contributed by atoms with E-state index < -0.39 is 0 Å². The van der Waals surface area contributed by atoms with Crippen LogP contribution in [0.3, 0.4) is 0 Å². The van der Waals surface area contributed by atoms with Crippen molar-refractivity contribution in [2.75, 3.05) is 13.1 Å². The molecule has 1 atom stereocenters. The van der Waals surface area contributed by atoms with E-state index in [1.165, 1.54) is 6.07 Å². The maximum absolute atomic E-state index is 13.4. The molecule has 0 saturated carbocycles.